The molecule has 140 valence electrons. The van der Waals surface area contributed by atoms with Crippen LogP contribution in [0.5, 0.6) is 5.75 Å². The fraction of sp³-hybridized carbons (Fsp3) is 0.588. The summed E-state index contributed by atoms with van der Waals surface area (Å²) in [5.41, 5.74) is 0.728. The molecular formula is C17H24F3N3O2. The van der Waals surface area contributed by atoms with Gasteiger partial charge in [0.25, 0.3) is 0 Å². The van der Waals surface area contributed by atoms with Gasteiger partial charge in [-0.25, -0.2) is 0 Å². The monoisotopic (exact) mass is 359 g/mol. The van der Waals surface area contributed by atoms with Gasteiger partial charge in [0.05, 0.1) is 13.0 Å². The van der Waals surface area contributed by atoms with E-state index < -0.39 is 24.7 Å². The van der Waals surface area contributed by atoms with Crippen molar-refractivity contribution in [3.63, 3.8) is 0 Å². The highest BCUT2D eigenvalue weighted by Gasteiger charge is 2.43. The van der Waals surface area contributed by atoms with E-state index in [0.717, 1.165) is 5.56 Å². The van der Waals surface area contributed by atoms with E-state index in [4.69, 9.17) is 4.74 Å². The van der Waals surface area contributed by atoms with E-state index in [2.05, 4.69) is 10.6 Å². The summed E-state index contributed by atoms with van der Waals surface area (Å²) in [6.07, 6.45) is -4.33. The summed E-state index contributed by atoms with van der Waals surface area (Å²) >= 11 is 0. The molecule has 0 bridgehead atoms. The van der Waals surface area contributed by atoms with Crippen molar-refractivity contribution in [2.24, 2.45) is 0 Å². The van der Waals surface area contributed by atoms with Gasteiger partial charge in [-0.05, 0) is 24.6 Å². The maximum atomic E-state index is 13.3. The highest BCUT2D eigenvalue weighted by Crippen LogP contribution is 2.24. The molecule has 1 heterocycles. The quantitative estimate of drug-likeness (QED) is 0.776. The first kappa shape index (κ1) is 19.5. The topological polar surface area (TPSA) is 53.6 Å². The van der Waals surface area contributed by atoms with Crippen molar-refractivity contribution in [2.45, 2.75) is 25.6 Å². The second kappa shape index (κ2) is 9.05. The van der Waals surface area contributed by atoms with Gasteiger partial charge in [-0.2, -0.15) is 13.2 Å². The molecule has 1 saturated heterocycles. The van der Waals surface area contributed by atoms with Crippen molar-refractivity contribution in [3.05, 3.63) is 29.8 Å². The molecule has 2 N–H and O–H groups in total. The molecule has 1 aromatic rings. The Morgan fingerprint density at radius 1 is 1.28 bits per heavy atom. The first-order chi connectivity index (χ1) is 11.9. The van der Waals surface area contributed by atoms with Gasteiger partial charge >= 0.3 is 6.18 Å². The minimum Gasteiger partial charge on any atom is -0.494 e. The molecule has 1 unspecified atom stereocenters. The standard InChI is InChI=1S/C17H24F3N3O2/c1-2-25-14-5-3-13(4-6-14)11-16(24)22-12-15(17(18,19)20)23-9-7-21-8-10-23/h3-6,15,21H,2,7-12H2,1H3,(H,22,24). The van der Waals surface area contributed by atoms with Gasteiger partial charge < -0.3 is 15.4 Å². The van der Waals surface area contributed by atoms with Crippen LogP contribution in [-0.2, 0) is 11.2 Å². The Morgan fingerprint density at radius 2 is 1.92 bits per heavy atom. The number of carbonyl (C=O) groups is 1. The molecule has 0 saturated carbocycles. The Balaban J connectivity index is 1.87. The number of piperazine rings is 1. The predicted molar refractivity (Wildman–Crippen MR) is 88.6 cm³/mol. The van der Waals surface area contributed by atoms with Crippen molar-refractivity contribution in [1.82, 2.24) is 15.5 Å². The third-order valence-electron chi connectivity index (χ3n) is 4.06. The van der Waals surface area contributed by atoms with E-state index in [1.807, 2.05) is 6.92 Å². The van der Waals surface area contributed by atoms with Gasteiger partial charge in [-0.1, -0.05) is 12.1 Å². The zero-order valence-corrected chi connectivity index (χ0v) is 14.2. The summed E-state index contributed by atoms with van der Waals surface area (Å²) < 4.78 is 45.1. The average molecular weight is 359 g/mol. The van der Waals surface area contributed by atoms with E-state index in [0.29, 0.717) is 38.5 Å². The molecule has 0 spiro atoms. The normalized spacial score (nSPS) is 17.1. The summed E-state index contributed by atoms with van der Waals surface area (Å²) in [5, 5.41) is 5.45. The van der Waals surface area contributed by atoms with Crippen molar-refractivity contribution >= 4 is 5.91 Å². The Kier molecular flexibility index (Phi) is 7.07. The maximum Gasteiger partial charge on any atom is 0.405 e. The van der Waals surface area contributed by atoms with E-state index in [9.17, 15) is 18.0 Å². The lowest BCUT2D eigenvalue weighted by Crippen LogP contribution is -2.57. The van der Waals surface area contributed by atoms with Gasteiger partial charge in [0.1, 0.15) is 11.8 Å². The van der Waals surface area contributed by atoms with Gasteiger partial charge in [0.15, 0.2) is 0 Å². The van der Waals surface area contributed by atoms with Crippen LogP contribution in [-0.4, -0.2) is 62.4 Å². The average Bonchev–Trinajstić information content (AvgIpc) is 2.57. The number of nitrogens with one attached hydrogen (secondary N) is 2. The van der Waals surface area contributed by atoms with Crippen LogP contribution in [0.25, 0.3) is 0 Å². The molecular weight excluding hydrogens is 335 g/mol. The van der Waals surface area contributed by atoms with Gasteiger partial charge in [0, 0.05) is 32.7 Å². The summed E-state index contributed by atoms with van der Waals surface area (Å²) in [6.45, 7) is 3.66. The highest BCUT2D eigenvalue weighted by atomic mass is 19.4. The lowest BCUT2D eigenvalue weighted by atomic mass is 10.1. The molecule has 0 radical (unpaired) electrons. The van der Waals surface area contributed by atoms with Crippen LogP contribution in [0.2, 0.25) is 0 Å². The van der Waals surface area contributed by atoms with Crippen LogP contribution in [0.15, 0.2) is 24.3 Å². The zero-order valence-electron chi connectivity index (χ0n) is 14.2. The third kappa shape index (κ3) is 6.21. The number of rotatable bonds is 7. The lowest BCUT2D eigenvalue weighted by molar-refractivity contribution is -0.184. The number of hydrogen-bond acceptors (Lipinski definition) is 4. The molecule has 8 heteroatoms. The van der Waals surface area contributed by atoms with Crippen molar-refractivity contribution in [2.75, 3.05) is 39.3 Å². The molecule has 1 aliphatic rings. The largest absolute Gasteiger partial charge is 0.494 e. The predicted octanol–water partition coefficient (Wildman–Crippen LogP) is 1.58. The number of nitrogens with zero attached hydrogens (tertiary/aromatic N) is 1. The Morgan fingerprint density at radius 3 is 2.48 bits per heavy atom. The Bertz CT molecular complexity index is 543. The van der Waals surface area contributed by atoms with Crippen LogP contribution < -0.4 is 15.4 Å². The smallest absolute Gasteiger partial charge is 0.405 e. The molecule has 1 aliphatic heterocycles. The van der Waals surface area contributed by atoms with E-state index in [1.54, 1.807) is 24.3 Å². The van der Waals surface area contributed by atoms with Crippen molar-refractivity contribution < 1.29 is 22.7 Å². The number of amides is 1. The third-order valence-corrected chi connectivity index (χ3v) is 4.06. The molecule has 5 nitrogen and oxygen atoms in total. The minimum atomic E-state index is -4.37. The van der Waals surface area contributed by atoms with Crippen LogP contribution in [0, 0.1) is 0 Å². The fourth-order valence-electron chi connectivity index (χ4n) is 2.77. The number of carbonyl (C=O) groups excluding carboxylic acids is 1. The second-order valence-electron chi connectivity index (χ2n) is 5.90. The summed E-state index contributed by atoms with van der Waals surface area (Å²) in [7, 11) is 0. The Hall–Kier alpha value is -1.80. The fourth-order valence-corrected chi connectivity index (χ4v) is 2.77. The number of ether oxygens (including phenoxy) is 1. The van der Waals surface area contributed by atoms with Gasteiger partial charge in [0.2, 0.25) is 5.91 Å². The molecule has 1 atom stereocenters. The molecule has 0 aliphatic carbocycles. The zero-order chi connectivity index (χ0) is 18.3. The number of halogens is 3. The van der Waals surface area contributed by atoms with Crippen molar-refractivity contribution in [3.8, 4) is 5.75 Å². The number of hydrogen-bond donors (Lipinski definition) is 2. The van der Waals surface area contributed by atoms with E-state index >= 15 is 0 Å². The number of benzene rings is 1. The molecule has 1 fully saturated rings. The molecule has 1 amide bonds. The number of alkyl halides is 3. The van der Waals surface area contributed by atoms with Crippen LogP contribution >= 0.6 is 0 Å². The van der Waals surface area contributed by atoms with Crippen LogP contribution in [0.4, 0.5) is 13.2 Å². The van der Waals surface area contributed by atoms with Gasteiger partial charge in [-0.15, -0.1) is 0 Å². The first-order valence-electron chi connectivity index (χ1n) is 8.40. The highest BCUT2D eigenvalue weighted by molar-refractivity contribution is 5.78. The van der Waals surface area contributed by atoms with Crippen LogP contribution in [0.1, 0.15) is 12.5 Å². The maximum absolute atomic E-state index is 13.3. The van der Waals surface area contributed by atoms with Crippen molar-refractivity contribution in [1.29, 1.82) is 0 Å². The Labute approximate surface area is 145 Å². The molecule has 25 heavy (non-hydrogen) atoms. The summed E-state index contributed by atoms with van der Waals surface area (Å²) in [5.74, 6) is 0.274. The molecule has 0 aromatic heterocycles. The molecule has 1 aromatic carbocycles. The summed E-state index contributed by atoms with van der Waals surface area (Å²) in [6, 6.07) is 5.31. The SMILES string of the molecule is CCOc1ccc(CC(=O)NCC(N2CCNCC2)C(F)(F)F)cc1. The second-order valence-corrected chi connectivity index (χ2v) is 5.90. The van der Waals surface area contributed by atoms with E-state index in [-0.39, 0.29) is 6.42 Å². The first-order valence-corrected chi connectivity index (χ1v) is 8.40. The minimum absolute atomic E-state index is 0.0402. The lowest BCUT2D eigenvalue weighted by Gasteiger charge is -2.35. The van der Waals surface area contributed by atoms with E-state index in [1.165, 1.54) is 4.90 Å². The summed E-state index contributed by atoms with van der Waals surface area (Å²) in [4.78, 5) is 13.4. The van der Waals surface area contributed by atoms with Crippen LogP contribution in [0.3, 0.4) is 0 Å². The van der Waals surface area contributed by atoms with Gasteiger partial charge in [-0.3, -0.25) is 9.69 Å². The molecule has 2 rings (SSSR count).